The number of aromatic nitrogens is 3. The zero-order chi connectivity index (χ0) is 20.3. The largest absolute Gasteiger partial charge is 0.386 e. The van der Waals surface area contributed by atoms with E-state index in [9.17, 15) is 9.90 Å². The van der Waals surface area contributed by atoms with E-state index in [1.807, 2.05) is 30.3 Å². The lowest BCUT2D eigenvalue weighted by atomic mass is 9.92. The number of amides is 1. The number of benzene rings is 1. The normalized spacial score (nSPS) is 19.4. The number of halogens is 1. The number of nitrogens with one attached hydrogen (secondary N) is 2. The molecule has 3 heterocycles. The number of nitrogens with zero attached hydrogens (tertiary/aromatic N) is 3. The van der Waals surface area contributed by atoms with Crippen LogP contribution < -0.4 is 10.2 Å². The first-order valence-electron chi connectivity index (χ1n) is 9.80. The molecule has 8 heteroatoms. The summed E-state index contributed by atoms with van der Waals surface area (Å²) in [6.07, 6.45) is 4.05. The van der Waals surface area contributed by atoms with Crippen molar-refractivity contribution in [2.75, 3.05) is 24.5 Å². The third kappa shape index (κ3) is 4.86. The first-order chi connectivity index (χ1) is 14.0. The van der Waals surface area contributed by atoms with E-state index in [0.717, 1.165) is 35.6 Å². The number of imidazole rings is 1. The Morgan fingerprint density at radius 3 is 3.07 bits per heavy atom. The maximum absolute atomic E-state index is 12.3. The SMILES string of the molecule is O=C(CCc1nc2ccc(Cl)cc2[nH]1)NCC1(O)CCCN(c2ccccn2)C1. The fourth-order valence-electron chi connectivity index (χ4n) is 3.73. The molecule has 1 amide bonds. The number of H-pyrrole nitrogens is 1. The molecule has 0 bridgehead atoms. The van der Waals surface area contributed by atoms with Crippen LogP contribution in [0.4, 0.5) is 5.82 Å². The van der Waals surface area contributed by atoms with Gasteiger partial charge in [-0.3, -0.25) is 4.79 Å². The number of aromatic amines is 1. The lowest BCUT2D eigenvalue weighted by Crippen LogP contribution is -2.54. The first kappa shape index (κ1) is 19.7. The smallest absolute Gasteiger partial charge is 0.220 e. The summed E-state index contributed by atoms with van der Waals surface area (Å²) in [5, 5.41) is 14.5. The van der Waals surface area contributed by atoms with Crippen molar-refractivity contribution in [1.82, 2.24) is 20.3 Å². The van der Waals surface area contributed by atoms with Gasteiger partial charge in [0.15, 0.2) is 0 Å². The summed E-state index contributed by atoms with van der Waals surface area (Å²) in [6, 6.07) is 11.2. The number of carbonyl (C=O) groups is 1. The zero-order valence-corrected chi connectivity index (χ0v) is 16.8. The molecule has 1 fully saturated rings. The monoisotopic (exact) mass is 413 g/mol. The molecule has 0 radical (unpaired) electrons. The molecule has 4 rings (SSSR count). The fourth-order valence-corrected chi connectivity index (χ4v) is 3.90. The van der Waals surface area contributed by atoms with E-state index in [1.165, 1.54) is 0 Å². The highest BCUT2D eigenvalue weighted by Gasteiger charge is 2.34. The van der Waals surface area contributed by atoms with Crippen LogP contribution in [0.15, 0.2) is 42.6 Å². The predicted octanol–water partition coefficient (Wildman–Crippen LogP) is 2.69. The third-order valence-electron chi connectivity index (χ3n) is 5.23. The minimum absolute atomic E-state index is 0.105. The Balaban J connectivity index is 1.29. The molecule has 0 saturated carbocycles. The van der Waals surface area contributed by atoms with Crippen LogP contribution in [-0.4, -0.2) is 51.2 Å². The van der Waals surface area contributed by atoms with Gasteiger partial charge in [-0.1, -0.05) is 17.7 Å². The van der Waals surface area contributed by atoms with Gasteiger partial charge in [0, 0.05) is 43.7 Å². The molecule has 1 saturated heterocycles. The van der Waals surface area contributed by atoms with Gasteiger partial charge in [-0.2, -0.15) is 0 Å². The molecule has 3 N–H and O–H groups in total. The molecule has 1 aromatic carbocycles. The highest BCUT2D eigenvalue weighted by atomic mass is 35.5. The Morgan fingerprint density at radius 1 is 1.34 bits per heavy atom. The van der Waals surface area contributed by atoms with E-state index in [1.54, 1.807) is 12.3 Å². The second-order valence-electron chi connectivity index (χ2n) is 7.56. The molecule has 3 aromatic rings. The Morgan fingerprint density at radius 2 is 2.24 bits per heavy atom. The average Bonchev–Trinajstić information content (AvgIpc) is 3.13. The van der Waals surface area contributed by atoms with Gasteiger partial charge in [-0.25, -0.2) is 9.97 Å². The summed E-state index contributed by atoms with van der Waals surface area (Å²) in [7, 11) is 0. The van der Waals surface area contributed by atoms with Gasteiger partial charge in [0.1, 0.15) is 11.6 Å². The molecule has 7 nitrogen and oxygen atoms in total. The molecular weight excluding hydrogens is 390 g/mol. The van der Waals surface area contributed by atoms with Crippen molar-refractivity contribution < 1.29 is 9.90 Å². The van der Waals surface area contributed by atoms with Crippen LogP contribution in [0.5, 0.6) is 0 Å². The Hall–Kier alpha value is -2.64. The number of aliphatic hydroxyl groups is 1. The first-order valence-corrected chi connectivity index (χ1v) is 10.2. The second-order valence-corrected chi connectivity index (χ2v) is 8.00. The van der Waals surface area contributed by atoms with Gasteiger partial charge in [0.05, 0.1) is 16.6 Å². The Kier molecular flexibility index (Phi) is 5.69. The number of piperidine rings is 1. The number of carbonyl (C=O) groups excluding carboxylic acids is 1. The summed E-state index contributed by atoms with van der Waals surface area (Å²) >= 11 is 5.99. The number of β-amino-alcohol motifs (C(OH)–C–C–N with tert-alkyl or cyclic N) is 1. The topological polar surface area (TPSA) is 94.1 Å². The summed E-state index contributed by atoms with van der Waals surface area (Å²) in [5.41, 5.74) is 0.733. The maximum atomic E-state index is 12.3. The van der Waals surface area contributed by atoms with Crippen molar-refractivity contribution in [1.29, 1.82) is 0 Å². The van der Waals surface area contributed by atoms with Crippen LogP contribution in [-0.2, 0) is 11.2 Å². The maximum Gasteiger partial charge on any atom is 0.220 e. The molecule has 29 heavy (non-hydrogen) atoms. The summed E-state index contributed by atoms with van der Waals surface area (Å²) in [4.78, 5) is 26.4. The van der Waals surface area contributed by atoms with E-state index < -0.39 is 5.60 Å². The van der Waals surface area contributed by atoms with Crippen molar-refractivity contribution in [2.24, 2.45) is 0 Å². The van der Waals surface area contributed by atoms with Gasteiger partial charge in [0.2, 0.25) is 5.91 Å². The average molecular weight is 414 g/mol. The molecular formula is C21H24ClN5O2. The molecule has 1 aliphatic rings. The predicted molar refractivity (Wildman–Crippen MR) is 113 cm³/mol. The third-order valence-corrected chi connectivity index (χ3v) is 5.46. The second kappa shape index (κ2) is 8.39. The Labute approximate surface area is 174 Å². The summed E-state index contributed by atoms with van der Waals surface area (Å²) < 4.78 is 0. The van der Waals surface area contributed by atoms with E-state index in [4.69, 9.17) is 11.6 Å². The summed E-state index contributed by atoms with van der Waals surface area (Å²) in [6.45, 7) is 1.53. The molecule has 0 spiro atoms. The van der Waals surface area contributed by atoms with Crippen molar-refractivity contribution >= 4 is 34.4 Å². The minimum Gasteiger partial charge on any atom is -0.386 e. The number of hydrogen-bond donors (Lipinski definition) is 3. The van der Waals surface area contributed by atoms with Gasteiger partial charge >= 0.3 is 0 Å². The molecule has 2 aromatic heterocycles. The van der Waals surface area contributed by atoms with Gasteiger partial charge in [-0.05, 0) is 43.2 Å². The van der Waals surface area contributed by atoms with Crippen molar-refractivity contribution in [3.05, 3.63) is 53.4 Å². The van der Waals surface area contributed by atoms with E-state index in [-0.39, 0.29) is 12.5 Å². The minimum atomic E-state index is -0.957. The highest BCUT2D eigenvalue weighted by molar-refractivity contribution is 6.31. The van der Waals surface area contributed by atoms with Gasteiger partial charge in [0.25, 0.3) is 0 Å². The quantitative estimate of drug-likeness (QED) is 0.577. The number of fused-ring (bicyclic) bond motifs is 1. The van der Waals surface area contributed by atoms with Crippen molar-refractivity contribution in [3.8, 4) is 0 Å². The van der Waals surface area contributed by atoms with Gasteiger partial charge < -0.3 is 20.3 Å². The van der Waals surface area contributed by atoms with Crippen LogP contribution in [0.3, 0.4) is 0 Å². The van der Waals surface area contributed by atoms with E-state index in [0.29, 0.717) is 30.8 Å². The van der Waals surface area contributed by atoms with Crippen LogP contribution in [0.1, 0.15) is 25.1 Å². The van der Waals surface area contributed by atoms with E-state index in [2.05, 4.69) is 25.2 Å². The Bertz CT molecular complexity index is 993. The molecule has 1 atom stereocenters. The van der Waals surface area contributed by atoms with Crippen LogP contribution in [0.25, 0.3) is 11.0 Å². The number of pyridine rings is 1. The molecule has 1 aliphatic heterocycles. The fraction of sp³-hybridized carbons (Fsp3) is 0.381. The van der Waals surface area contributed by atoms with Crippen LogP contribution in [0, 0.1) is 0 Å². The number of hydrogen-bond acceptors (Lipinski definition) is 5. The van der Waals surface area contributed by atoms with Crippen molar-refractivity contribution in [3.63, 3.8) is 0 Å². The van der Waals surface area contributed by atoms with Crippen LogP contribution >= 0.6 is 11.6 Å². The number of aryl methyl sites for hydroxylation is 1. The lowest BCUT2D eigenvalue weighted by Gasteiger charge is -2.39. The van der Waals surface area contributed by atoms with E-state index >= 15 is 0 Å². The highest BCUT2D eigenvalue weighted by Crippen LogP contribution is 2.24. The standard InChI is InChI=1S/C21H24ClN5O2/c22-15-5-6-16-17(12-15)26-18(25-16)7-8-20(28)24-13-21(29)9-3-11-27(14-21)19-4-1-2-10-23-19/h1-2,4-6,10,12,29H,3,7-9,11,13-14H2,(H,24,28)(H,25,26). The number of anilines is 1. The molecule has 152 valence electrons. The lowest BCUT2D eigenvalue weighted by molar-refractivity contribution is -0.122. The van der Waals surface area contributed by atoms with Gasteiger partial charge in [-0.15, -0.1) is 0 Å². The molecule has 1 unspecified atom stereocenters. The zero-order valence-electron chi connectivity index (χ0n) is 16.1. The summed E-state index contributed by atoms with van der Waals surface area (Å²) in [5.74, 6) is 1.49. The van der Waals surface area contributed by atoms with Crippen molar-refractivity contribution in [2.45, 2.75) is 31.3 Å². The molecule has 0 aliphatic carbocycles. The number of rotatable bonds is 6. The van der Waals surface area contributed by atoms with Crippen LogP contribution in [0.2, 0.25) is 5.02 Å².